The van der Waals surface area contributed by atoms with Crippen LogP contribution in [-0.4, -0.2) is 17.2 Å². The Labute approximate surface area is 122 Å². The van der Waals surface area contributed by atoms with E-state index in [4.69, 9.17) is 0 Å². The zero-order valence-corrected chi connectivity index (χ0v) is 12.3. The van der Waals surface area contributed by atoms with Gasteiger partial charge < -0.3 is 5.32 Å². The van der Waals surface area contributed by atoms with Crippen LogP contribution in [0, 0.1) is 11.6 Å². The predicted molar refractivity (Wildman–Crippen MR) is 76.7 cm³/mol. The Morgan fingerprint density at radius 2 is 1.95 bits per heavy atom. The maximum atomic E-state index is 13.1. The molecule has 0 radical (unpaired) electrons. The van der Waals surface area contributed by atoms with Gasteiger partial charge >= 0.3 is 0 Å². The van der Waals surface area contributed by atoms with Gasteiger partial charge in [0.05, 0.1) is 5.25 Å². The van der Waals surface area contributed by atoms with Crippen LogP contribution >= 0.6 is 11.8 Å². The van der Waals surface area contributed by atoms with Gasteiger partial charge in [0.1, 0.15) is 0 Å². The Bertz CT molecular complexity index is 475. The van der Waals surface area contributed by atoms with E-state index in [-0.39, 0.29) is 17.2 Å². The summed E-state index contributed by atoms with van der Waals surface area (Å²) in [7, 11) is 0. The lowest BCUT2D eigenvalue weighted by Crippen LogP contribution is -2.40. The Morgan fingerprint density at radius 1 is 1.25 bits per heavy atom. The number of carbonyl (C=O) groups excluding carboxylic acids is 1. The van der Waals surface area contributed by atoms with E-state index in [1.54, 1.807) is 6.92 Å². The molecule has 0 unspecified atom stereocenters. The molecule has 0 heterocycles. The van der Waals surface area contributed by atoms with Gasteiger partial charge in [0, 0.05) is 10.9 Å². The lowest BCUT2D eigenvalue weighted by atomic mass is 9.95. The van der Waals surface area contributed by atoms with Gasteiger partial charge in [0.15, 0.2) is 11.6 Å². The molecule has 0 saturated heterocycles. The highest BCUT2D eigenvalue weighted by molar-refractivity contribution is 8.00. The van der Waals surface area contributed by atoms with E-state index in [1.807, 2.05) is 0 Å². The second-order valence-corrected chi connectivity index (χ2v) is 6.59. The van der Waals surface area contributed by atoms with Crippen molar-refractivity contribution in [3.8, 4) is 0 Å². The number of halogens is 2. The molecule has 5 heteroatoms. The summed E-state index contributed by atoms with van der Waals surface area (Å²) in [5.74, 6) is -1.78. The van der Waals surface area contributed by atoms with Crippen molar-refractivity contribution >= 4 is 17.7 Å². The molecule has 0 spiro atoms. The number of amides is 1. The first-order valence-corrected chi connectivity index (χ1v) is 7.86. The first kappa shape index (κ1) is 15.3. The quantitative estimate of drug-likeness (QED) is 0.855. The van der Waals surface area contributed by atoms with Gasteiger partial charge in [-0.05, 0) is 38.0 Å². The van der Waals surface area contributed by atoms with Crippen molar-refractivity contribution in [3.05, 3.63) is 29.8 Å². The third-order valence-electron chi connectivity index (χ3n) is 3.52. The minimum atomic E-state index is -0.880. The number of thioether (sulfide) groups is 1. The van der Waals surface area contributed by atoms with Crippen LogP contribution in [0.15, 0.2) is 23.1 Å². The van der Waals surface area contributed by atoms with Crippen molar-refractivity contribution < 1.29 is 13.6 Å². The minimum absolute atomic E-state index is 0.0355. The van der Waals surface area contributed by atoms with Crippen molar-refractivity contribution in [1.82, 2.24) is 5.32 Å². The molecule has 0 bridgehead atoms. The van der Waals surface area contributed by atoms with E-state index in [1.165, 1.54) is 24.2 Å². The van der Waals surface area contributed by atoms with E-state index >= 15 is 0 Å². The van der Waals surface area contributed by atoms with E-state index in [2.05, 4.69) is 5.32 Å². The summed E-state index contributed by atoms with van der Waals surface area (Å²) >= 11 is 1.24. The van der Waals surface area contributed by atoms with Gasteiger partial charge in [-0.2, -0.15) is 0 Å². The molecule has 1 aromatic rings. The molecular formula is C15H19F2NOS. The minimum Gasteiger partial charge on any atom is -0.352 e. The van der Waals surface area contributed by atoms with Crippen LogP contribution in [0.4, 0.5) is 8.78 Å². The molecule has 110 valence electrons. The summed E-state index contributed by atoms with van der Waals surface area (Å²) in [5, 5.41) is 2.72. The Balaban J connectivity index is 1.88. The Hall–Kier alpha value is -1.10. The van der Waals surface area contributed by atoms with Gasteiger partial charge in [-0.25, -0.2) is 8.78 Å². The lowest BCUT2D eigenvalue weighted by Gasteiger charge is -2.24. The second-order valence-electron chi connectivity index (χ2n) is 5.18. The average molecular weight is 299 g/mol. The van der Waals surface area contributed by atoms with Crippen LogP contribution in [0.1, 0.15) is 39.0 Å². The van der Waals surface area contributed by atoms with Crippen LogP contribution in [-0.2, 0) is 4.79 Å². The van der Waals surface area contributed by atoms with E-state index in [0.29, 0.717) is 4.90 Å². The monoisotopic (exact) mass is 299 g/mol. The summed E-state index contributed by atoms with van der Waals surface area (Å²) in [4.78, 5) is 12.6. The lowest BCUT2D eigenvalue weighted by molar-refractivity contribution is -0.121. The molecule has 0 aliphatic heterocycles. The Morgan fingerprint density at radius 3 is 2.60 bits per heavy atom. The maximum Gasteiger partial charge on any atom is 0.233 e. The molecule has 1 aromatic carbocycles. The van der Waals surface area contributed by atoms with Crippen LogP contribution in [0.5, 0.6) is 0 Å². The molecule has 1 aliphatic rings. The predicted octanol–water partition coefficient (Wildman–Crippen LogP) is 3.89. The SMILES string of the molecule is C[C@H](Sc1ccc(F)c(F)c1)C(=O)NC1CCCCC1. The molecule has 20 heavy (non-hydrogen) atoms. The van der Waals surface area contributed by atoms with Crippen LogP contribution in [0.25, 0.3) is 0 Å². The average Bonchev–Trinajstić information content (AvgIpc) is 2.44. The van der Waals surface area contributed by atoms with Crippen molar-refractivity contribution in [1.29, 1.82) is 0 Å². The molecule has 1 saturated carbocycles. The molecular weight excluding hydrogens is 280 g/mol. The summed E-state index contributed by atoms with van der Waals surface area (Å²) in [5.41, 5.74) is 0. The molecule has 1 atom stereocenters. The fourth-order valence-corrected chi connectivity index (χ4v) is 3.27. The van der Waals surface area contributed by atoms with Crippen molar-refractivity contribution in [3.63, 3.8) is 0 Å². The first-order chi connectivity index (χ1) is 9.56. The van der Waals surface area contributed by atoms with Gasteiger partial charge in [-0.3, -0.25) is 4.79 Å². The van der Waals surface area contributed by atoms with E-state index < -0.39 is 11.6 Å². The van der Waals surface area contributed by atoms with Gasteiger partial charge in [0.25, 0.3) is 0 Å². The largest absolute Gasteiger partial charge is 0.352 e. The number of carbonyl (C=O) groups is 1. The molecule has 1 N–H and O–H groups in total. The number of rotatable bonds is 4. The zero-order chi connectivity index (χ0) is 14.5. The standard InChI is InChI=1S/C15H19F2NOS/c1-10(15(19)18-11-5-3-2-4-6-11)20-12-7-8-13(16)14(17)9-12/h7-11H,2-6H2,1H3,(H,18,19)/t10-/m0/s1. The van der Waals surface area contributed by atoms with Crippen molar-refractivity contribution in [2.75, 3.05) is 0 Å². The van der Waals surface area contributed by atoms with Crippen LogP contribution in [0.2, 0.25) is 0 Å². The molecule has 2 rings (SSSR count). The van der Waals surface area contributed by atoms with Gasteiger partial charge in [-0.1, -0.05) is 19.3 Å². The number of hydrogen-bond donors (Lipinski definition) is 1. The molecule has 0 aromatic heterocycles. The summed E-state index contributed by atoms with van der Waals surface area (Å²) in [6.45, 7) is 1.78. The smallest absolute Gasteiger partial charge is 0.233 e. The second kappa shape index (κ2) is 7.07. The van der Waals surface area contributed by atoms with E-state index in [0.717, 1.165) is 37.8 Å². The van der Waals surface area contributed by atoms with Crippen molar-refractivity contribution in [2.24, 2.45) is 0 Å². The summed E-state index contributed by atoms with van der Waals surface area (Å²) in [6.07, 6.45) is 5.64. The zero-order valence-electron chi connectivity index (χ0n) is 11.5. The highest BCUT2D eigenvalue weighted by Gasteiger charge is 2.20. The maximum absolute atomic E-state index is 13.1. The summed E-state index contributed by atoms with van der Waals surface area (Å²) < 4.78 is 26.0. The summed E-state index contributed by atoms with van der Waals surface area (Å²) in [6, 6.07) is 3.98. The normalized spacial score (nSPS) is 17.8. The molecule has 1 aliphatic carbocycles. The third kappa shape index (κ3) is 4.20. The van der Waals surface area contributed by atoms with Crippen molar-refractivity contribution in [2.45, 2.75) is 55.2 Å². The fraction of sp³-hybridized carbons (Fsp3) is 0.533. The third-order valence-corrected chi connectivity index (χ3v) is 4.62. The molecule has 1 amide bonds. The highest BCUT2D eigenvalue weighted by atomic mass is 32.2. The van der Waals surface area contributed by atoms with Crippen LogP contribution < -0.4 is 5.32 Å². The number of hydrogen-bond acceptors (Lipinski definition) is 2. The topological polar surface area (TPSA) is 29.1 Å². The molecule has 2 nitrogen and oxygen atoms in total. The fourth-order valence-electron chi connectivity index (χ4n) is 2.37. The first-order valence-electron chi connectivity index (χ1n) is 6.98. The van der Waals surface area contributed by atoms with E-state index in [9.17, 15) is 13.6 Å². The Kier molecular flexibility index (Phi) is 5.40. The number of benzene rings is 1. The van der Waals surface area contributed by atoms with Crippen LogP contribution in [0.3, 0.4) is 0 Å². The number of nitrogens with one attached hydrogen (secondary N) is 1. The molecule has 1 fully saturated rings. The highest BCUT2D eigenvalue weighted by Crippen LogP contribution is 2.25. The van der Waals surface area contributed by atoms with Gasteiger partial charge in [0.2, 0.25) is 5.91 Å². The van der Waals surface area contributed by atoms with Gasteiger partial charge in [-0.15, -0.1) is 11.8 Å².